The average Bonchev–Trinajstić information content (AvgIpc) is 2.62. The predicted molar refractivity (Wildman–Crippen MR) is 98.9 cm³/mol. The summed E-state index contributed by atoms with van der Waals surface area (Å²) in [7, 11) is -3.55. The van der Waals surface area contributed by atoms with Crippen LogP contribution in [-0.2, 0) is 10.0 Å². The third kappa shape index (κ3) is 3.86. The van der Waals surface area contributed by atoms with E-state index in [0.29, 0.717) is 36.8 Å². The molecule has 1 fully saturated rings. The Morgan fingerprint density at radius 1 is 1.00 bits per heavy atom. The number of nitrogens with zero attached hydrogens (tertiary/aromatic N) is 2. The summed E-state index contributed by atoms with van der Waals surface area (Å²) < 4.78 is 27.0. The first-order valence-electron chi connectivity index (χ1n) is 7.99. The number of hydrogen-bond acceptors (Lipinski definition) is 4. The van der Waals surface area contributed by atoms with Crippen LogP contribution >= 0.6 is 11.6 Å². The first-order valence-corrected chi connectivity index (χ1v) is 9.81. The second kappa shape index (κ2) is 7.15. The highest BCUT2D eigenvalue weighted by atomic mass is 35.5. The molecule has 1 heterocycles. The Kier molecular flexibility index (Phi) is 5.13. The SMILES string of the molecule is CC(=O)c1ccc(S(=O)(=O)N2CCN(c3cccc(Cl)c3)CC2)cc1. The minimum atomic E-state index is -3.55. The molecule has 0 N–H and O–H groups in total. The largest absolute Gasteiger partial charge is 0.369 e. The number of benzene rings is 2. The van der Waals surface area contributed by atoms with Crippen molar-refractivity contribution in [2.75, 3.05) is 31.1 Å². The summed E-state index contributed by atoms with van der Waals surface area (Å²) in [6, 6.07) is 13.6. The molecule has 0 atom stereocenters. The molecule has 25 heavy (non-hydrogen) atoms. The predicted octanol–water partition coefficient (Wildman–Crippen LogP) is 3.05. The highest BCUT2D eigenvalue weighted by molar-refractivity contribution is 7.89. The second-order valence-corrected chi connectivity index (χ2v) is 8.33. The lowest BCUT2D eigenvalue weighted by Crippen LogP contribution is -2.48. The van der Waals surface area contributed by atoms with Gasteiger partial charge in [-0.2, -0.15) is 4.31 Å². The van der Waals surface area contributed by atoms with Crippen LogP contribution in [0, 0.1) is 0 Å². The molecule has 0 saturated carbocycles. The van der Waals surface area contributed by atoms with Gasteiger partial charge in [-0.3, -0.25) is 4.79 Å². The van der Waals surface area contributed by atoms with Crippen molar-refractivity contribution in [2.45, 2.75) is 11.8 Å². The second-order valence-electron chi connectivity index (χ2n) is 5.95. The zero-order valence-electron chi connectivity index (χ0n) is 13.9. The maximum Gasteiger partial charge on any atom is 0.243 e. The lowest BCUT2D eigenvalue weighted by molar-refractivity contribution is 0.101. The third-order valence-corrected chi connectivity index (χ3v) is 6.46. The number of hydrogen-bond donors (Lipinski definition) is 0. The number of carbonyl (C=O) groups excluding carboxylic acids is 1. The monoisotopic (exact) mass is 378 g/mol. The summed E-state index contributed by atoms with van der Waals surface area (Å²) in [5.41, 5.74) is 1.50. The molecule has 0 aromatic heterocycles. The quantitative estimate of drug-likeness (QED) is 0.767. The van der Waals surface area contributed by atoms with E-state index in [0.717, 1.165) is 5.69 Å². The maximum absolute atomic E-state index is 12.8. The van der Waals surface area contributed by atoms with Gasteiger partial charge in [0.05, 0.1) is 4.90 Å². The molecular weight excluding hydrogens is 360 g/mol. The summed E-state index contributed by atoms with van der Waals surface area (Å²) in [6.45, 7) is 3.47. The van der Waals surface area contributed by atoms with Crippen molar-refractivity contribution in [2.24, 2.45) is 0 Å². The van der Waals surface area contributed by atoms with Crippen molar-refractivity contribution >= 4 is 33.1 Å². The van der Waals surface area contributed by atoms with E-state index < -0.39 is 10.0 Å². The molecule has 5 nitrogen and oxygen atoms in total. The molecule has 0 aliphatic carbocycles. The first kappa shape index (κ1) is 17.9. The van der Waals surface area contributed by atoms with Gasteiger partial charge in [0.15, 0.2) is 5.78 Å². The molecule has 0 unspecified atom stereocenters. The normalized spacial score (nSPS) is 16.0. The number of halogens is 1. The van der Waals surface area contributed by atoms with Crippen molar-refractivity contribution < 1.29 is 13.2 Å². The van der Waals surface area contributed by atoms with E-state index in [1.54, 1.807) is 12.1 Å². The zero-order chi connectivity index (χ0) is 18.0. The van der Waals surface area contributed by atoms with E-state index >= 15 is 0 Å². The van der Waals surface area contributed by atoms with Crippen molar-refractivity contribution in [3.05, 3.63) is 59.1 Å². The number of carbonyl (C=O) groups is 1. The van der Waals surface area contributed by atoms with E-state index in [1.807, 2.05) is 24.3 Å². The minimum absolute atomic E-state index is 0.0842. The van der Waals surface area contributed by atoms with Gasteiger partial charge >= 0.3 is 0 Å². The molecule has 1 saturated heterocycles. The van der Waals surface area contributed by atoms with Gasteiger partial charge in [0.25, 0.3) is 0 Å². The molecular formula is C18H19ClN2O3S. The van der Waals surface area contributed by atoms with Crippen LogP contribution in [0.15, 0.2) is 53.4 Å². The van der Waals surface area contributed by atoms with Crippen LogP contribution in [0.2, 0.25) is 5.02 Å². The van der Waals surface area contributed by atoms with Gasteiger partial charge in [-0.25, -0.2) is 8.42 Å². The van der Waals surface area contributed by atoms with E-state index in [9.17, 15) is 13.2 Å². The fourth-order valence-electron chi connectivity index (χ4n) is 2.87. The van der Waals surface area contributed by atoms with Crippen LogP contribution in [-0.4, -0.2) is 44.7 Å². The van der Waals surface area contributed by atoms with E-state index in [2.05, 4.69) is 4.90 Å². The molecule has 0 spiro atoms. The lowest BCUT2D eigenvalue weighted by Gasteiger charge is -2.35. The maximum atomic E-state index is 12.8. The summed E-state index contributed by atoms with van der Waals surface area (Å²) in [6.07, 6.45) is 0. The average molecular weight is 379 g/mol. The summed E-state index contributed by atoms with van der Waals surface area (Å²) in [5.74, 6) is -0.0842. The zero-order valence-corrected chi connectivity index (χ0v) is 15.4. The first-order chi connectivity index (χ1) is 11.9. The molecule has 2 aromatic rings. The standard InChI is InChI=1S/C18H19ClN2O3S/c1-14(22)15-5-7-18(8-6-15)25(23,24)21-11-9-20(10-12-21)17-4-2-3-16(19)13-17/h2-8,13H,9-12H2,1H3. The molecule has 1 aliphatic heterocycles. The van der Waals surface area contributed by atoms with E-state index in [-0.39, 0.29) is 10.7 Å². The van der Waals surface area contributed by atoms with Gasteiger partial charge < -0.3 is 4.90 Å². The van der Waals surface area contributed by atoms with Crippen LogP contribution in [0.1, 0.15) is 17.3 Å². The number of ketones is 1. The van der Waals surface area contributed by atoms with Crippen LogP contribution in [0.5, 0.6) is 0 Å². The van der Waals surface area contributed by atoms with Crippen LogP contribution in [0.4, 0.5) is 5.69 Å². The number of sulfonamides is 1. The Balaban J connectivity index is 1.72. The molecule has 0 amide bonds. The van der Waals surface area contributed by atoms with E-state index in [4.69, 9.17) is 11.6 Å². The highest BCUT2D eigenvalue weighted by Gasteiger charge is 2.28. The van der Waals surface area contributed by atoms with Gasteiger partial charge in [-0.1, -0.05) is 29.8 Å². The number of piperazine rings is 1. The van der Waals surface area contributed by atoms with Crippen molar-refractivity contribution in [1.29, 1.82) is 0 Å². The fraction of sp³-hybridized carbons (Fsp3) is 0.278. The minimum Gasteiger partial charge on any atom is -0.369 e. The topological polar surface area (TPSA) is 57.7 Å². The van der Waals surface area contributed by atoms with Crippen molar-refractivity contribution in [3.63, 3.8) is 0 Å². The molecule has 7 heteroatoms. The van der Waals surface area contributed by atoms with Gasteiger partial charge in [-0.15, -0.1) is 0 Å². The Morgan fingerprint density at radius 2 is 1.64 bits per heavy atom. The molecule has 2 aromatic carbocycles. The highest BCUT2D eigenvalue weighted by Crippen LogP contribution is 2.23. The molecule has 0 radical (unpaired) electrons. The number of Topliss-reactive ketones (excluding diaryl/α,β-unsaturated/α-hetero) is 1. The molecule has 1 aliphatic rings. The Bertz CT molecular complexity index is 873. The molecule has 132 valence electrons. The Hall–Kier alpha value is -1.89. The lowest BCUT2D eigenvalue weighted by atomic mass is 10.2. The van der Waals surface area contributed by atoms with Gasteiger partial charge in [0, 0.05) is 42.5 Å². The van der Waals surface area contributed by atoms with Gasteiger partial charge in [0.1, 0.15) is 0 Å². The van der Waals surface area contributed by atoms with Crippen molar-refractivity contribution in [3.8, 4) is 0 Å². The van der Waals surface area contributed by atoms with Crippen LogP contribution in [0.25, 0.3) is 0 Å². The summed E-state index contributed by atoms with van der Waals surface area (Å²) >= 11 is 6.02. The van der Waals surface area contributed by atoms with Gasteiger partial charge in [-0.05, 0) is 37.3 Å². The number of anilines is 1. The van der Waals surface area contributed by atoms with E-state index in [1.165, 1.54) is 23.4 Å². The third-order valence-electron chi connectivity index (χ3n) is 4.31. The summed E-state index contributed by atoms with van der Waals surface area (Å²) in [4.78, 5) is 13.7. The van der Waals surface area contributed by atoms with Crippen molar-refractivity contribution in [1.82, 2.24) is 4.31 Å². The van der Waals surface area contributed by atoms with Crippen LogP contribution in [0.3, 0.4) is 0 Å². The smallest absolute Gasteiger partial charge is 0.243 e. The number of rotatable bonds is 4. The Labute approximate surface area is 152 Å². The molecule has 0 bridgehead atoms. The van der Waals surface area contributed by atoms with Crippen LogP contribution < -0.4 is 4.90 Å². The fourth-order valence-corrected chi connectivity index (χ4v) is 4.48. The Morgan fingerprint density at radius 3 is 2.20 bits per heavy atom. The molecule has 3 rings (SSSR count). The summed E-state index contributed by atoms with van der Waals surface area (Å²) in [5, 5.41) is 0.665. The van der Waals surface area contributed by atoms with Gasteiger partial charge in [0.2, 0.25) is 10.0 Å².